The average Bonchev–Trinajstić information content (AvgIpc) is 3.41. The van der Waals surface area contributed by atoms with Crippen LogP contribution in [-0.4, -0.2) is 23.4 Å². The molecular formula is C24H13N3O4. The van der Waals surface area contributed by atoms with Gasteiger partial charge < -0.3 is 4.42 Å². The number of rotatable bonds is 3. The molecule has 3 heterocycles. The number of carbonyl (C=O) groups is 3. The van der Waals surface area contributed by atoms with E-state index in [0.29, 0.717) is 39.4 Å². The van der Waals surface area contributed by atoms with Crippen LogP contribution in [0.2, 0.25) is 0 Å². The highest BCUT2D eigenvalue weighted by Crippen LogP contribution is 2.31. The van der Waals surface area contributed by atoms with Crippen molar-refractivity contribution in [3.63, 3.8) is 0 Å². The molecular weight excluding hydrogens is 394 g/mol. The SMILES string of the molecule is N#CC1C(=O)N=C(c2ccc(N3C(=O)c4ccccc4C3=O)cc2)C=C1c1ccco1. The smallest absolute Gasteiger partial charge is 0.268 e. The van der Waals surface area contributed by atoms with Gasteiger partial charge in [-0.1, -0.05) is 24.3 Å². The van der Waals surface area contributed by atoms with Crippen LogP contribution in [-0.2, 0) is 4.79 Å². The number of imide groups is 1. The maximum absolute atomic E-state index is 12.7. The fourth-order valence-corrected chi connectivity index (χ4v) is 3.71. The molecule has 2 aliphatic rings. The Labute approximate surface area is 176 Å². The number of fused-ring (bicyclic) bond motifs is 1. The number of furan rings is 1. The summed E-state index contributed by atoms with van der Waals surface area (Å²) >= 11 is 0. The van der Waals surface area contributed by atoms with Crippen LogP contribution in [0.3, 0.4) is 0 Å². The second kappa shape index (κ2) is 7.04. The Morgan fingerprint density at radius 3 is 2.16 bits per heavy atom. The molecule has 0 spiro atoms. The second-order valence-electron chi connectivity index (χ2n) is 7.01. The molecule has 5 rings (SSSR count). The molecule has 0 saturated carbocycles. The molecule has 0 saturated heterocycles. The summed E-state index contributed by atoms with van der Waals surface area (Å²) < 4.78 is 5.37. The number of nitrogens with zero attached hydrogens (tertiary/aromatic N) is 3. The van der Waals surface area contributed by atoms with Crippen LogP contribution in [0.1, 0.15) is 32.0 Å². The number of hydrogen-bond acceptors (Lipinski definition) is 5. The monoisotopic (exact) mass is 407 g/mol. The summed E-state index contributed by atoms with van der Waals surface area (Å²) in [6.07, 6.45) is 3.11. The molecule has 1 atom stereocenters. The lowest BCUT2D eigenvalue weighted by atomic mass is 9.92. The van der Waals surface area contributed by atoms with Gasteiger partial charge >= 0.3 is 0 Å². The standard InChI is InChI=1S/C24H13N3O4/c25-13-19-18(21-6-3-11-31-21)12-20(26-22(19)28)14-7-9-15(10-8-14)27-23(29)16-4-1-2-5-17(16)24(27)30/h1-12,19H. The van der Waals surface area contributed by atoms with Crippen LogP contribution < -0.4 is 4.90 Å². The van der Waals surface area contributed by atoms with Crippen molar-refractivity contribution in [1.82, 2.24) is 0 Å². The van der Waals surface area contributed by atoms with E-state index in [0.717, 1.165) is 4.90 Å². The maximum Gasteiger partial charge on any atom is 0.268 e. The molecule has 0 bridgehead atoms. The van der Waals surface area contributed by atoms with E-state index in [1.54, 1.807) is 66.7 Å². The summed E-state index contributed by atoms with van der Waals surface area (Å²) in [6.45, 7) is 0. The number of amides is 3. The first kappa shape index (κ1) is 18.5. The van der Waals surface area contributed by atoms with Gasteiger partial charge in [-0.15, -0.1) is 0 Å². The summed E-state index contributed by atoms with van der Waals surface area (Å²) in [5, 5.41) is 9.38. The van der Waals surface area contributed by atoms with Crippen LogP contribution in [0.25, 0.3) is 5.57 Å². The first-order chi connectivity index (χ1) is 15.1. The molecule has 7 nitrogen and oxygen atoms in total. The predicted octanol–water partition coefficient (Wildman–Crippen LogP) is 3.63. The van der Waals surface area contributed by atoms with Gasteiger partial charge in [0.1, 0.15) is 5.76 Å². The van der Waals surface area contributed by atoms with Crippen molar-refractivity contribution >= 4 is 34.7 Å². The van der Waals surface area contributed by atoms with Gasteiger partial charge in [0.25, 0.3) is 17.7 Å². The molecule has 3 amide bonds. The van der Waals surface area contributed by atoms with Crippen LogP contribution in [0.5, 0.6) is 0 Å². The number of nitriles is 1. The van der Waals surface area contributed by atoms with Crippen molar-refractivity contribution < 1.29 is 18.8 Å². The van der Waals surface area contributed by atoms with Crippen LogP contribution in [0.4, 0.5) is 5.69 Å². The highest BCUT2D eigenvalue weighted by atomic mass is 16.3. The third kappa shape index (κ3) is 2.90. The minimum Gasteiger partial charge on any atom is -0.465 e. The number of anilines is 1. The van der Waals surface area contributed by atoms with Gasteiger partial charge in [-0.05, 0) is 42.5 Å². The first-order valence-electron chi connectivity index (χ1n) is 9.44. The third-order valence-corrected chi connectivity index (χ3v) is 5.23. The quantitative estimate of drug-likeness (QED) is 0.617. The van der Waals surface area contributed by atoms with Gasteiger partial charge in [-0.3, -0.25) is 14.4 Å². The largest absolute Gasteiger partial charge is 0.465 e. The van der Waals surface area contributed by atoms with Crippen molar-refractivity contribution in [2.45, 2.75) is 0 Å². The van der Waals surface area contributed by atoms with Gasteiger partial charge in [-0.2, -0.15) is 5.26 Å². The van der Waals surface area contributed by atoms with Crippen LogP contribution in [0.15, 0.2) is 82.4 Å². The number of allylic oxidation sites excluding steroid dienone is 1. The van der Waals surface area contributed by atoms with Crippen LogP contribution in [0, 0.1) is 17.2 Å². The van der Waals surface area contributed by atoms with Crippen molar-refractivity contribution in [3.05, 3.63) is 95.5 Å². The fraction of sp³-hybridized carbons (Fsp3) is 0.0417. The minimum absolute atomic E-state index is 0.368. The number of hydrogen-bond donors (Lipinski definition) is 0. The van der Waals surface area contributed by atoms with Gasteiger partial charge in [0.15, 0.2) is 5.92 Å². The lowest BCUT2D eigenvalue weighted by molar-refractivity contribution is -0.118. The molecule has 0 N–H and O–H groups in total. The molecule has 7 heteroatoms. The van der Waals surface area contributed by atoms with Crippen molar-refractivity contribution in [3.8, 4) is 6.07 Å². The van der Waals surface area contributed by atoms with Gasteiger partial charge in [0, 0.05) is 11.1 Å². The van der Waals surface area contributed by atoms with Gasteiger partial charge in [0.05, 0.1) is 34.9 Å². The Morgan fingerprint density at radius 2 is 1.58 bits per heavy atom. The molecule has 2 aliphatic heterocycles. The van der Waals surface area contributed by atoms with E-state index in [1.807, 2.05) is 6.07 Å². The molecule has 148 valence electrons. The summed E-state index contributed by atoms with van der Waals surface area (Å²) in [4.78, 5) is 42.9. The number of carbonyl (C=O) groups excluding carboxylic acids is 3. The maximum atomic E-state index is 12.7. The van der Waals surface area contributed by atoms with Crippen molar-refractivity contribution in [2.75, 3.05) is 4.90 Å². The molecule has 1 aromatic heterocycles. The fourth-order valence-electron chi connectivity index (χ4n) is 3.71. The Morgan fingerprint density at radius 1 is 0.903 bits per heavy atom. The summed E-state index contributed by atoms with van der Waals surface area (Å²) in [5.41, 5.74) is 2.57. The zero-order chi connectivity index (χ0) is 21.5. The summed E-state index contributed by atoms with van der Waals surface area (Å²) in [5.74, 6) is -1.94. The zero-order valence-electron chi connectivity index (χ0n) is 16.0. The Hall–Kier alpha value is -4.57. The first-order valence-corrected chi connectivity index (χ1v) is 9.44. The molecule has 0 fully saturated rings. The Bertz CT molecular complexity index is 1310. The highest BCUT2D eigenvalue weighted by molar-refractivity contribution is 6.34. The van der Waals surface area contributed by atoms with E-state index >= 15 is 0 Å². The number of aliphatic imine (C=N–C) groups is 1. The topological polar surface area (TPSA) is 104 Å². The van der Waals surface area contributed by atoms with E-state index in [1.165, 1.54) is 6.26 Å². The highest BCUT2D eigenvalue weighted by Gasteiger charge is 2.36. The average molecular weight is 407 g/mol. The van der Waals surface area contributed by atoms with E-state index in [9.17, 15) is 19.6 Å². The molecule has 31 heavy (non-hydrogen) atoms. The normalized spacial score (nSPS) is 17.8. The number of benzene rings is 2. The van der Waals surface area contributed by atoms with E-state index in [2.05, 4.69) is 4.99 Å². The van der Waals surface area contributed by atoms with E-state index < -0.39 is 11.8 Å². The van der Waals surface area contributed by atoms with Crippen molar-refractivity contribution in [2.24, 2.45) is 10.9 Å². The van der Waals surface area contributed by atoms with E-state index in [-0.39, 0.29) is 11.8 Å². The summed E-state index contributed by atoms with van der Waals surface area (Å²) in [6, 6.07) is 18.6. The Balaban J connectivity index is 1.49. The molecule has 0 radical (unpaired) electrons. The predicted molar refractivity (Wildman–Crippen MR) is 111 cm³/mol. The number of dihydropyridines is 1. The lowest BCUT2D eigenvalue weighted by Crippen LogP contribution is -2.29. The molecule has 0 aliphatic carbocycles. The third-order valence-electron chi connectivity index (χ3n) is 5.23. The molecule has 3 aromatic rings. The lowest BCUT2D eigenvalue weighted by Gasteiger charge is -2.17. The van der Waals surface area contributed by atoms with Gasteiger partial charge in [-0.25, -0.2) is 9.89 Å². The molecule has 1 unspecified atom stereocenters. The Kier molecular flexibility index (Phi) is 4.19. The minimum atomic E-state index is -1.03. The molecule has 2 aromatic carbocycles. The zero-order valence-corrected chi connectivity index (χ0v) is 16.0. The van der Waals surface area contributed by atoms with Gasteiger partial charge in [0.2, 0.25) is 0 Å². The summed E-state index contributed by atoms with van der Waals surface area (Å²) in [7, 11) is 0. The van der Waals surface area contributed by atoms with E-state index in [4.69, 9.17) is 4.42 Å². The van der Waals surface area contributed by atoms with Crippen molar-refractivity contribution in [1.29, 1.82) is 5.26 Å². The second-order valence-corrected chi connectivity index (χ2v) is 7.01. The van der Waals surface area contributed by atoms with Crippen LogP contribution >= 0.6 is 0 Å².